The fraction of sp³-hybridized carbons (Fsp3) is 0.481. The average molecular weight is 518 g/mol. The van der Waals surface area contributed by atoms with Crippen molar-refractivity contribution in [2.75, 3.05) is 6.61 Å². The van der Waals surface area contributed by atoms with Gasteiger partial charge in [0.25, 0.3) is 0 Å². The molecule has 0 bridgehead atoms. The predicted octanol–water partition coefficient (Wildman–Crippen LogP) is 6.92. The van der Waals surface area contributed by atoms with E-state index in [0.717, 1.165) is 35.1 Å². The van der Waals surface area contributed by atoms with Crippen molar-refractivity contribution in [3.63, 3.8) is 0 Å². The number of aromatic nitrogens is 3. The first-order chi connectivity index (χ1) is 17.2. The van der Waals surface area contributed by atoms with E-state index in [9.17, 15) is 13.2 Å². The number of pyridine rings is 1. The third-order valence-electron chi connectivity index (χ3n) is 6.71. The van der Waals surface area contributed by atoms with Gasteiger partial charge in [-0.3, -0.25) is 4.98 Å². The highest BCUT2D eigenvalue weighted by Gasteiger charge is 2.28. The van der Waals surface area contributed by atoms with Crippen LogP contribution in [0, 0.1) is 17.5 Å². The second-order valence-corrected chi connectivity index (χ2v) is 16.2. The van der Waals surface area contributed by atoms with Gasteiger partial charge in [-0.2, -0.15) is 5.10 Å². The van der Waals surface area contributed by atoms with Crippen LogP contribution in [0.1, 0.15) is 42.9 Å². The van der Waals surface area contributed by atoms with Gasteiger partial charge < -0.3 is 9.47 Å². The lowest BCUT2D eigenvalue weighted by Gasteiger charge is -2.29. The van der Waals surface area contributed by atoms with E-state index in [1.165, 1.54) is 0 Å². The fourth-order valence-corrected chi connectivity index (χ4v) is 5.37. The van der Waals surface area contributed by atoms with Gasteiger partial charge in [0.15, 0.2) is 11.6 Å². The monoisotopic (exact) mass is 517 g/mol. The average Bonchev–Trinajstić information content (AvgIpc) is 3.32. The standard InChI is InChI=1S/C27H34F3N3O2Si/c1-36(2,3)16-15-34-18-33-25(12-14-32-33)21-5-4-13-31-24(21)17-35-20-8-6-19(7-9-20)26-22(28)10-11-23(29)27(26)30/h4-5,10-14,19-20H,6-9,15-18H2,1-3H3. The summed E-state index contributed by atoms with van der Waals surface area (Å²) in [6.07, 6.45) is 5.80. The molecule has 1 aromatic carbocycles. The molecule has 0 radical (unpaired) electrons. The Morgan fingerprint density at radius 1 is 0.972 bits per heavy atom. The normalized spacial score (nSPS) is 18.5. The highest BCUT2D eigenvalue weighted by atomic mass is 28.3. The van der Waals surface area contributed by atoms with Crippen LogP contribution in [0.25, 0.3) is 11.3 Å². The van der Waals surface area contributed by atoms with E-state index in [-0.39, 0.29) is 17.6 Å². The molecule has 0 N–H and O–H groups in total. The number of ether oxygens (including phenoxy) is 2. The molecule has 1 saturated carbocycles. The molecular weight excluding hydrogens is 483 g/mol. The molecular formula is C27H34F3N3O2Si. The Morgan fingerprint density at radius 2 is 1.72 bits per heavy atom. The van der Waals surface area contributed by atoms with Crippen LogP contribution in [0.3, 0.4) is 0 Å². The zero-order valence-electron chi connectivity index (χ0n) is 21.1. The molecule has 1 aliphatic carbocycles. The van der Waals surface area contributed by atoms with E-state index in [1.54, 1.807) is 12.4 Å². The molecule has 1 aliphatic rings. The second kappa shape index (κ2) is 11.7. The second-order valence-electron chi connectivity index (χ2n) is 10.6. The number of hydrogen-bond donors (Lipinski definition) is 0. The maximum Gasteiger partial charge on any atom is 0.165 e. The predicted molar refractivity (Wildman–Crippen MR) is 136 cm³/mol. The van der Waals surface area contributed by atoms with E-state index >= 15 is 0 Å². The topological polar surface area (TPSA) is 49.2 Å². The van der Waals surface area contributed by atoms with Crippen molar-refractivity contribution in [2.45, 2.75) is 76.7 Å². The van der Waals surface area contributed by atoms with E-state index in [2.05, 4.69) is 29.7 Å². The van der Waals surface area contributed by atoms with Crippen LogP contribution in [-0.4, -0.2) is 35.5 Å². The maximum absolute atomic E-state index is 14.2. The van der Waals surface area contributed by atoms with Crippen molar-refractivity contribution in [1.29, 1.82) is 0 Å². The Morgan fingerprint density at radius 3 is 2.47 bits per heavy atom. The van der Waals surface area contributed by atoms with E-state index in [4.69, 9.17) is 9.47 Å². The fourth-order valence-electron chi connectivity index (χ4n) is 4.61. The van der Waals surface area contributed by atoms with Gasteiger partial charge in [-0.1, -0.05) is 19.6 Å². The number of hydrogen-bond acceptors (Lipinski definition) is 4. The minimum Gasteiger partial charge on any atom is -0.372 e. The molecule has 3 aromatic rings. The molecule has 0 amide bonds. The first kappa shape index (κ1) is 26.6. The lowest BCUT2D eigenvalue weighted by Crippen LogP contribution is -2.22. The van der Waals surface area contributed by atoms with Crippen LogP contribution in [0.5, 0.6) is 0 Å². The van der Waals surface area contributed by atoms with Gasteiger partial charge in [0.2, 0.25) is 0 Å². The summed E-state index contributed by atoms with van der Waals surface area (Å²) in [7, 11) is -1.16. The largest absolute Gasteiger partial charge is 0.372 e. The molecule has 1 fully saturated rings. The summed E-state index contributed by atoms with van der Waals surface area (Å²) in [6.45, 7) is 8.37. The number of halogens is 3. The van der Waals surface area contributed by atoms with Crippen molar-refractivity contribution < 1.29 is 22.6 Å². The summed E-state index contributed by atoms with van der Waals surface area (Å²) in [5.74, 6) is -3.11. The summed E-state index contributed by atoms with van der Waals surface area (Å²) >= 11 is 0. The minimum absolute atomic E-state index is 0.0504. The molecule has 0 unspecified atom stereocenters. The third kappa shape index (κ3) is 6.63. The van der Waals surface area contributed by atoms with Gasteiger partial charge in [-0.25, -0.2) is 17.9 Å². The van der Waals surface area contributed by atoms with Crippen molar-refractivity contribution in [3.05, 3.63) is 71.4 Å². The SMILES string of the molecule is C[Si](C)(C)CCOCn1nccc1-c1cccnc1COC1CCC(c2c(F)ccc(F)c2F)CC1. The molecule has 2 heterocycles. The Labute approximate surface area is 211 Å². The van der Waals surface area contributed by atoms with Gasteiger partial charge >= 0.3 is 0 Å². The Balaban J connectivity index is 1.35. The Bertz CT molecular complexity index is 1160. The number of nitrogens with zero attached hydrogens (tertiary/aromatic N) is 3. The Hall–Kier alpha value is -2.49. The molecule has 4 rings (SSSR count). The molecule has 0 aliphatic heterocycles. The van der Waals surface area contributed by atoms with Crippen molar-refractivity contribution in [1.82, 2.24) is 14.8 Å². The highest BCUT2D eigenvalue weighted by Crippen LogP contribution is 2.37. The van der Waals surface area contributed by atoms with Crippen LogP contribution in [-0.2, 0) is 22.8 Å². The van der Waals surface area contributed by atoms with E-state index in [0.29, 0.717) is 45.6 Å². The summed E-state index contributed by atoms with van der Waals surface area (Å²) in [5, 5.41) is 4.42. The zero-order chi connectivity index (χ0) is 25.7. The minimum atomic E-state index is -1.16. The molecule has 2 aromatic heterocycles. The molecule has 36 heavy (non-hydrogen) atoms. The van der Waals surface area contributed by atoms with Crippen molar-refractivity contribution >= 4 is 8.07 Å². The zero-order valence-corrected chi connectivity index (χ0v) is 22.1. The first-order valence-corrected chi connectivity index (χ1v) is 16.2. The Kier molecular flexibility index (Phi) is 8.64. The van der Waals surface area contributed by atoms with Gasteiger partial charge in [-0.15, -0.1) is 0 Å². The molecule has 194 valence electrons. The van der Waals surface area contributed by atoms with E-state index < -0.39 is 25.5 Å². The van der Waals surface area contributed by atoms with Crippen LogP contribution in [0.4, 0.5) is 13.2 Å². The van der Waals surface area contributed by atoms with Gasteiger partial charge in [0.1, 0.15) is 12.5 Å². The first-order valence-electron chi connectivity index (χ1n) is 12.5. The van der Waals surface area contributed by atoms with Gasteiger partial charge in [-0.05, 0) is 68.0 Å². The molecule has 0 atom stereocenters. The number of rotatable bonds is 10. The lowest BCUT2D eigenvalue weighted by molar-refractivity contribution is 0.0115. The molecule has 9 heteroatoms. The van der Waals surface area contributed by atoms with Crippen LogP contribution in [0.15, 0.2) is 42.7 Å². The lowest BCUT2D eigenvalue weighted by atomic mass is 9.82. The summed E-state index contributed by atoms with van der Waals surface area (Å²) in [5.41, 5.74) is 2.50. The van der Waals surface area contributed by atoms with Crippen molar-refractivity contribution in [3.8, 4) is 11.3 Å². The summed E-state index contributed by atoms with van der Waals surface area (Å²) in [6, 6.07) is 8.75. The van der Waals surface area contributed by atoms with Crippen molar-refractivity contribution in [2.24, 2.45) is 0 Å². The molecule has 0 spiro atoms. The quantitative estimate of drug-likeness (QED) is 0.166. The molecule has 0 saturated heterocycles. The van der Waals surface area contributed by atoms with Crippen LogP contribution < -0.4 is 0 Å². The number of benzene rings is 1. The van der Waals surface area contributed by atoms with Gasteiger partial charge in [0, 0.05) is 38.2 Å². The summed E-state index contributed by atoms with van der Waals surface area (Å²) < 4.78 is 55.9. The van der Waals surface area contributed by atoms with E-state index in [1.807, 2.05) is 22.9 Å². The smallest absolute Gasteiger partial charge is 0.165 e. The molecule has 5 nitrogen and oxygen atoms in total. The highest BCUT2D eigenvalue weighted by molar-refractivity contribution is 6.76. The van der Waals surface area contributed by atoms with Gasteiger partial charge in [0.05, 0.1) is 24.1 Å². The maximum atomic E-state index is 14.2. The van der Waals surface area contributed by atoms with Crippen LogP contribution >= 0.6 is 0 Å². The third-order valence-corrected chi connectivity index (χ3v) is 8.41. The van der Waals surface area contributed by atoms with Crippen LogP contribution in [0.2, 0.25) is 25.7 Å². The summed E-state index contributed by atoms with van der Waals surface area (Å²) in [4.78, 5) is 4.54.